The van der Waals surface area contributed by atoms with Crippen LogP contribution in [0.3, 0.4) is 0 Å². The molecule has 0 aliphatic heterocycles. The van der Waals surface area contributed by atoms with Gasteiger partial charge in [-0.05, 0) is 29.8 Å². The summed E-state index contributed by atoms with van der Waals surface area (Å²) in [7, 11) is 0. The van der Waals surface area contributed by atoms with Gasteiger partial charge in [0.1, 0.15) is 5.69 Å². The van der Waals surface area contributed by atoms with Crippen LogP contribution in [0.25, 0.3) is 33.5 Å². The van der Waals surface area contributed by atoms with Gasteiger partial charge in [0.15, 0.2) is 5.82 Å². The molecule has 1 amide bonds. The molecule has 0 fully saturated rings. The van der Waals surface area contributed by atoms with E-state index < -0.39 is 0 Å². The number of nitrogens with one attached hydrogen (secondary N) is 3. The first kappa shape index (κ1) is 16.2. The minimum absolute atomic E-state index is 0.170. The number of benzene rings is 2. The highest BCUT2D eigenvalue weighted by atomic mass is 16.1. The summed E-state index contributed by atoms with van der Waals surface area (Å²) in [6, 6.07) is 17.1. The molecule has 136 valence electrons. The van der Waals surface area contributed by atoms with Crippen molar-refractivity contribution in [2.24, 2.45) is 0 Å². The summed E-state index contributed by atoms with van der Waals surface area (Å²) in [6.45, 7) is 0.411. The Labute approximate surface area is 159 Å². The molecule has 0 radical (unpaired) electrons. The van der Waals surface area contributed by atoms with Crippen molar-refractivity contribution in [3.63, 3.8) is 0 Å². The maximum absolute atomic E-state index is 12.7. The van der Waals surface area contributed by atoms with Crippen LogP contribution in [0.1, 0.15) is 15.9 Å². The van der Waals surface area contributed by atoms with E-state index in [9.17, 15) is 4.79 Å². The Kier molecular flexibility index (Phi) is 3.83. The fraction of sp³-hybridized carbons (Fsp3) is 0.0476. The summed E-state index contributed by atoms with van der Waals surface area (Å²) in [5, 5.41) is 11.3. The number of hydrogen-bond acceptors (Lipinski definition) is 4. The predicted molar refractivity (Wildman–Crippen MR) is 107 cm³/mol. The highest BCUT2D eigenvalue weighted by Crippen LogP contribution is 2.27. The van der Waals surface area contributed by atoms with Crippen molar-refractivity contribution in [3.05, 3.63) is 78.1 Å². The number of para-hydroxylation sites is 2. The number of nitrogens with zero attached hydrogens (tertiary/aromatic N) is 3. The van der Waals surface area contributed by atoms with Crippen molar-refractivity contribution in [3.8, 4) is 11.5 Å². The average Bonchev–Trinajstić information content (AvgIpc) is 3.36. The van der Waals surface area contributed by atoms with Gasteiger partial charge in [-0.2, -0.15) is 5.10 Å². The monoisotopic (exact) mass is 368 g/mol. The third-order valence-corrected chi connectivity index (χ3v) is 4.63. The first-order valence-corrected chi connectivity index (χ1v) is 8.89. The standard InChI is InChI=1S/C21H16N6O/c28-21(23-12-13-5-4-10-22-11-13)15-7-3-9-17-18(15)25-20(24-17)19-14-6-1-2-8-16(14)26-27-19/h1-11H,12H2,(H,23,28)(H,24,25)(H,26,27). The van der Waals surface area contributed by atoms with Crippen LogP contribution in [-0.2, 0) is 6.54 Å². The zero-order valence-electron chi connectivity index (χ0n) is 14.8. The minimum atomic E-state index is -0.170. The van der Waals surface area contributed by atoms with Crippen molar-refractivity contribution >= 4 is 27.8 Å². The van der Waals surface area contributed by atoms with Crippen molar-refractivity contribution in [1.29, 1.82) is 0 Å². The van der Waals surface area contributed by atoms with Crippen LogP contribution in [0.5, 0.6) is 0 Å². The number of fused-ring (bicyclic) bond motifs is 2. The molecule has 0 aliphatic rings. The number of imidazole rings is 1. The molecule has 7 heteroatoms. The van der Waals surface area contributed by atoms with E-state index in [2.05, 4.69) is 30.5 Å². The number of carbonyl (C=O) groups excluding carboxylic acids is 1. The number of H-pyrrole nitrogens is 2. The number of amides is 1. The molecule has 0 saturated carbocycles. The third-order valence-electron chi connectivity index (χ3n) is 4.63. The molecule has 2 aromatic carbocycles. The molecule has 5 rings (SSSR count). The molecule has 3 N–H and O–H groups in total. The number of pyridine rings is 1. The van der Waals surface area contributed by atoms with Gasteiger partial charge >= 0.3 is 0 Å². The molecule has 0 bridgehead atoms. The molecule has 3 aromatic heterocycles. The Morgan fingerprint density at radius 2 is 1.96 bits per heavy atom. The fourth-order valence-electron chi connectivity index (χ4n) is 3.26. The third kappa shape index (κ3) is 2.79. The van der Waals surface area contributed by atoms with Gasteiger partial charge < -0.3 is 10.3 Å². The lowest BCUT2D eigenvalue weighted by molar-refractivity contribution is 0.0952. The molecule has 0 atom stereocenters. The molecular formula is C21H16N6O. The second-order valence-corrected chi connectivity index (χ2v) is 6.45. The Balaban J connectivity index is 1.50. The first-order chi connectivity index (χ1) is 13.8. The maximum atomic E-state index is 12.7. The molecular weight excluding hydrogens is 352 g/mol. The molecule has 0 saturated heterocycles. The van der Waals surface area contributed by atoms with Gasteiger partial charge in [0.25, 0.3) is 5.91 Å². The van der Waals surface area contributed by atoms with Gasteiger partial charge in [-0.15, -0.1) is 0 Å². The lowest BCUT2D eigenvalue weighted by Gasteiger charge is -2.05. The summed E-state index contributed by atoms with van der Waals surface area (Å²) in [5.41, 5.74) is 4.56. The van der Waals surface area contributed by atoms with Gasteiger partial charge in [-0.25, -0.2) is 4.98 Å². The van der Waals surface area contributed by atoms with Crippen LogP contribution >= 0.6 is 0 Å². The van der Waals surface area contributed by atoms with Gasteiger partial charge in [0, 0.05) is 24.3 Å². The lowest BCUT2D eigenvalue weighted by atomic mass is 10.1. The van der Waals surface area contributed by atoms with E-state index in [0.717, 1.165) is 27.7 Å². The first-order valence-electron chi connectivity index (χ1n) is 8.89. The van der Waals surface area contributed by atoms with Gasteiger partial charge in [-0.1, -0.05) is 30.3 Å². The quantitative estimate of drug-likeness (QED) is 0.452. The van der Waals surface area contributed by atoms with Crippen molar-refractivity contribution in [1.82, 2.24) is 30.5 Å². The summed E-state index contributed by atoms with van der Waals surface area (Å²) in [4.78, 5) is 24.7. The van der Waals surface area contributed by atoms with E-state index in [1.54, 1.807) is 18.5 Å². The summed E-state index contributed by atoms with van der Waals surface area (Å²) >= 11 is 0. The van der Waals surface area contributed by atoms with Crippen LogP contribution < -0.4 is 5.32 Å². The van der Waals surface area contributed by atoms with E-state index in [-0.39, 0.29) is 5.91 Å². The minimum Gasteiger partial charge on any atom is -0.348 e. The molecule has 0 spiro atoms. The maximum Gasteiger partial charge on any atom is 0.253 e. The van der Waals surface area contributed by atoms with E-state index >= 15 is 0 Å². The zero-order chi connectivity index (χ0) is 18.9. The molecule has 5 aromatic rings. The highest BCUT2D eigenvalue weighted by Gasteiger charge is 2.16. The lowest BCUT2D eigenvalue weighted by Crippen LogP contribution is -2.23. The van der Waals surface area contributed by atoms with Crippen molar-refractivity contribution in [2.45, 2.75) is 6.54 Å². The molecule has 3 heterocycles. The largest absolute Gasteiger partial charge is 0.348 e. The normalized spacial score (nSPS) is 11.1. The summed E-state index contributed by atoms with van der Waals surface area (Å²) in [6.07, 6.45) is 3.44. The van der Waals surface area contributed by atoms with Crippen LogP contribution in [0.2, 0.25) is 0 Å². The van der Waals surface area contributed by atoms with Crippen molar-refractivity contribution in [2.75, 3.05) is 0 Å². The second-order valence-electron chi connectivity index (χ2n) is 6.45. The van der Waals surface area contributed by atoms with Crippen molar-refractivity contribution < 1.29 is 4.79 Å². The Hall–Kier alpha value is -4.00. The summed E-state index contributed by atoms with van der Waals surface area (Å²) in [5.74, 6) is 0.455. The second kappa shape index (κ2) is 6.62. The van der Waals surface area contributed by atoms with Gasteiger partial charge in [0.05, 0.1) is 22.1 Å². The predicted octanol–water partition coefficient (Wildman–Crippen LogP) is 3.43. The smallest absolute Gasteiger partial charge is 0.253 e. The topological polar surface area (TPSA) is 99.3 Å². The number of hydrogen-bond donors (Lipinski definition) is 3. The van der Waals surface area contributed by atoms with E-state index in [1.165, 1.54) is 0 Å². The Morgan fingerprint density at radius 3 is 2.86 bits per heavy atom. The van der Waals surface area contributed by atoms with Gasteiger partial charge in [0.2, 0.25) is 0 Å². The average molecular weight is 368 g/mol. The van der Waals surface area contributed by atoms with E-state index in [4.69, 9.17) is 0 Å². The molecule has 0 unspecified atom stereocenters. The summed E-state index contributed by atoms with van der Waals surface area (Å²) < 4.78 is 0. The zero-order valence-corrected chi connectivity index (χ0v) is 14.8. The van der Waals surface area contributed by atoms with Crippen LogP contribution in [0.15, 0.2) is 67.0 Å². The Morgan fingerprint density at radius 1 is 1.04 bits per heavy atom. The molecule has 0 aliphatic carbocycles. The molecule has 28 heavy (non-hydrogen) atoms. The highest BCUT2D eigenvalue weighted by molar-refractivity contribution is 6.05. The van der Waals surface area contributed by atoms with Gasteiger partial charge in [-0.3, -0.25) is 14.9 Å². The number of rotatable bonds is 4. The number of carbonyl (C=O) groups is 1. The molecule has 7 nitrogen and oxygen atoms in total. The van der Waals surface area contributed by atoms with E-state index in [1.807, 2.05) is 48.5 Å². The van der Waals surface area contributed by atoms with Crippen LogP contribution in [0, 0.1) is 0 Å². The SMILES string of the molecule is O=C(NCc1cccnc1)c1cccc2nc(-c3n[nH]c4ccccc34)[nH]c12. The Bertz CT molecular complexity index is 1290. The number of aromatic amines is 2. The number of aromatic nitrogens is 5. The fourth-order valence-corrected chi connectivity index (χ4v) is 3.26. The van der Waals surface area contributed by atoms with Crippen LogP contribution in [0.4, 0.5) is 0 Å². The van der Waals surface area contributed by atoms with Crippen LogP contribution in [-0.4, -0.2) is 31.1 Å². The van der Waals surface area contributed by atoms with E-state index in [0.29, 0.717) is 23.4 Å².